The minimum absolute atomic E-state index is 0.259. The van der Waals surface area contributed by atoms with E-state index in [9.17, 15) is 9.59 Å². The summed E-state index contributed by atoms with van der Waals surface area (Å²) in [6, 6.07) is 11.2. The van der Waals surface area contributed by atoms with Crippen molar-refractivity contribution in [3.8, 4) is 6.07 Å². The summed E-state index contributed by atoms with van der Waals surface area (Å²) >= 11 is 2.58. The second-order valence-corrected chi connectivity index (χ2v) is 9.30. The number of carbonyl (C=O) groups excluding carboxylic acids is 1. The molecule has 3 aromatic heterocycles. The third-order valence-electron chi connectivity index (χ3n) is 4.91. The number of rotatable bonds is 5. The van der Waals surface area contributed by atoms with Crippen LogP contribution in [0.5, 0.6) is 0 Å². The standard InChI is InChI=1S/C23H19N5O2S2/c1-12-4-5-16(13(2)8-12)26-22(30)20-14(3)19-21(29)27-17(28-23(19)32-20)11-31-18-9-15(10-24)6-7-25-18/h4-9H,11H2,1-3H3,(H,26,30)(H,27,28,29). The Morgan fingerprint density at radius 3 is 2.81 bits per heavy atom. The largest absolute Gasteiger partial charge is 0.321 e. The molecule has 1 amide bonds. The van der Waals surface area contributed by atoms with Crippen molar-refractivity contribution >= 4 is 44.9 Å². The van der Waals surface area contributed by atoms with Crippen LogP contribution in [0.15, 0.2) is 46.3 Å². The number of fused-ring (bicyclic) bond motifs is 1. The van der Waals surface area contributed by atoms with Gasteiger partial charge in [0, 0.05) is 11.9 Å². The number of H-pyrrole nitrogens is 1. The number of hydrogen-bond donors (Lipinski definition) is 2. The number of thioether (sulfide) groups is 1. The van der Waals surface area contributed by atoms with Crippen molar-refractivity contribution in [2.45, 2.75) is 31.6 Å². The molecule has 0 aliphatic carbocycles. The fraction of sp³-hybridized carbons (Fsp3) is 0.174. The van der Waals surface area contributed by atoms with Gasteiger partial charge in [0.15, 0.2) is 0 Å². The van der Waals surface area contributed by atoms with E-state index in [2.05, 4.69) is 26.3 Å². The lowest BCUT2D eigenvalue weighted by molar-refractivity contribution is 0.103. The molecular formula is C23H19N5O2S2. The number of nitrogens with one attached hydrogen (secondary N) is 2. The van der Waals surface area contributed by atoms with Gasteiger partial charge in [0.2, 0.25) is 0 Å². The van der Waals surface area contributed by atoms with Crippen LogP contribution in [-0.2, 0) is 5.75 Å². The maximum atomic E-state index is 12.9. The van der Waals surface area contributed by atoms with Gasteiger partial charge in [-0.05, 0) is 50.1 Å². The average Bonchev–Trinajstić information content (AvgIpc) is 3.11. The van der Waals surface area contributed by atoms with E-state index in [1.54, 1.807) is 25.3 Å². The molecule has 0 saturated heterocycles. The first-order chi connectivity index (χ1) is 15.4. The number of amides is 1. The van der Waals surface area contributed by atoms with Crippen molar-refractivity contribution in [3.05, 3.63) is 79.8 Å². The van der Waals surface area contributed by atoms with Crippen LogP contribution in [0.3, 0.4) is 0 Å². The number of aromatic amines is 1. The second-order valence-electron chi connectivity index (χ2n) is 7.30. The highest BCUT2D eigenvalue weighted by Crippen LogP contribution is 2.29. The van der Waals surface area contributed by atoms with Crippen molar-refractivity contribution in [1.29, 1.82) is 5.26 Å². The van der Waals surface area contributed by atoms with Crippen molar-refractivity contribution < 1.29 is 4.79 Å². The molecule has 0 spiro atoms. The SMILES string of the molecule is Cc1ccc(NC(=O)c2sc3nc(CSc4cc(C#N)ccn4)[nH]c(=O)c3c2C)c(C)c1. The summed E-state index contributed by atoms with van der Waals surface area (Å²) in [6.45, 7) is 5.70. The van der Waals surface area contributed by atoms with Crippen LogP contribution in [0, 0.1) is 32.1 Å². The predicted octanol–water partition coefficient (Wildman–Crippen LogP) is 4.72. The Morgan fingerprint density at radius 1 is 1.25 bits per heavy atom. The van der Waals surface area contributed by atoms with Crippen LogP contribution in [0.4, 0.5) is 5.69 Å². The van der Waals surface area contributed by atoms with E-state index in [-0.39, 0.29) is 11.5 Å². The first-order valence-corrected chi connectivity index (χ1v) is 11.6. The number of anilines is 1. The molecule has 1 aromatic carbocycles. The average molecular weight is 462 g/mol. The minimum atomic E-state index is -0.274. The van der Waals surface area contributed by atoms with Crippen molar-refractivity contribution in [2.75, 3.05) is 5.32 Å². The van der Waals surface area contributed by atoms with Gasteiger partial charge in [-0.25, -0.2) is 9.97 Å². The molecule has 3 heterocycles. The smallest absolute Gasteiger partial charge is 0.266 e. The molecule has 160 valence electrons. The van der Waals surface area contributed by atoms with Gasteiger partial charge in [-0.1, -0.05) is 29.5 Å². The van der Waals surface area contributed by atoms with Gasteiger partial charge in [0.25, 0.3) is 11.5 Å². The second kappa shape index (κ2) is 8.94. The lowest BCUT2D eigenvalue weighted by Gasteiger charge is -2.08. The zero-order valence-electron chi connectivity index (χ0n) is 17.6. The number of nitrogens with zero attached hydrogens (tertiary/aromatic N) is 3. The zero-order valence-corrected chi connectivity index (χ0v) is 19.3. The minimum Gasteiger partial charge on any atom is -0.321 e. The van der Waals surface area contributed by atoms with Gasteiger partial charge in [-0.3, -0.25) is 9.59 Å². The summed E-state index contributed by atoms with van der Waals surface area (Å²) in [7, 11) is 0. The summed E-state index contributed by atoms with van der Waals surface area (Å²) in [5.41, 5.74) is 3.69. The van der Waals surface area contributed by atoms with Crippen LogP contribution >= 0.6 is 23.1 Å². The molecule has 0 saturated carbocycles. The number of thiophene rings is 1. The third-order valence-corrected chi connectivity index (χ3v) is 7.03. The van der Waals surface area contributed by atoms with Crippen LogP contribution in [0.2, 0.25) is 0 Å². The Bertz CT molecular complexity index is 1450. The topological polar surface area (TPSA) is 112 Å². The van der Waals surface area contributed by atoms with Gasteiger partial charge in [0.1, 0.15) is 10.7 Å². The van der Waals surface area contributed by atoms with E-state index in [1.165, 1.54) is 23.1 Å². The highest BCUT2D eigenvalue weighted by atomic mass is 32.2. The summed E-state index contributed by atoms with van der Waals surface area (Å²) in [4.78, 5) is 38.2. The molecule has 0 fully saturated rings. The monoisotopic (exact) mass is 461 g/mol. The fourth-order valence-electron chi connectivity index (χ4n) is 3.31. The van der Waals surface area contributed by atoms with Gasteiger partial charge in [-0.15, -0.1) is 11.3 Å². The molecule has 4 rings (SSSR count). The molecule has 0 bridgehead atoms. The summed E-state index contributed by atoms with van der Waals surface area (Å²) in [5.74, 6) is 0.609. The highest BCUT2D eigenvalue weighted by Gasteiger charge is 2.20. The summed E-state index contributed by atoms with van der Waals surface area (Å²) in [6.07, 6.45) is 1.57. The lowest BCUT2D eigenvalue weighted by Crippen LogP contribution is -2.13. The molecule has 2 N–H and O–H groups in total. The Kier molecular flexibility index (Phi) is 6.08. The molecule has 0 unspecified atom stereocenters. The van der Waals surface area contributed by atoms with Crippen LogP contribution in [0.1, 0.15) is 37.7 Å². The quantitative estimate of drug-likeness (QED) is 0.416. The van der Waals surface area contributed by atoms with Crippen molar-refractivity contribution in [1.82, 2.24) is 15.0 Å². The predicted molar refractivity (Wildman–Crippen MR) is 127 cm³/mol. The number of hydrogen-bond acceptors (Lipinski definition) is 7. The molecule has 0 aliphatic heterocycles. The summed E-state index contributed by atoms with van der Waals surface area (Å²) < 4.78 is 0. The Labute approximate surface area is 192 Å². The molecule has 0 radical (unpaired) electrons. The first kappa shape index (κ1) is 21.7. The molecule has 9 heteroatoms. The molecule has 7 nitrogen and oxygen atoms in total. The maximum Gasteiger partial charge on any atom is 0.266 e. The number of aryl methyl sites for hydroxylation is 3. The lowest BCUT2D eigenvalue weighted by atomic mass is 10.1. The normalized spacial score (nSPS) is 10.8. The van der Waals surface area contributed by atoms with Gasteiger partial charge >= 0.3 is 0 Å². The van der Waals surface area contributed by atoms with Gasteiger partial charge < -0.3 is 10.3 Å². The Hall–Kier alpha value is -3.48. The summed E-state index contributed by atoms with van der Waals surface area (Å²) in [5, 5.41) is 13.1. The zero-order chi connectivity index (χ0) is 22.8. The number of nitriles is 1. The molecule has 0 atom stereocenters. The molecule has 0 aliphatic rings. The Balaban J connectivity index is 1.60. The van der Waals surface area contributed by atoms with Gasteiger partial charge in [0.05, 0.1) is 32.7 Å². The maximum absolute atomic E-state index is 12.9. The van der Waals surface area contributed by atoms with E-state index < -0.39 is 0 Å². The van der Waals surface area contributed by atoms with E-state index in [0.29, 0.717) is 42.8 Å². The molecule has 4 aromatic rings. The van der Waals surface area contributed by atoms with E-state index in [0.717, 1.165) is 16.8 Å². The molecular weight excluding hydrogens is 442 g/mol. The number of pyridine rings is 1. The fourth-order valence-corrected chi connectivity index (χ4v) is 5.17. The van der Waals surface area contributed by atoms with Crippen molar-refractivity contribution in [3.63, 3.8) is 0 Å². The molecule has 32 heavy (non-hydrogen) atoms. The Morgan fingerprint density at radius 2 is 2.06 bits per heavy atom. The van der Waals surface area contributed by atoms with E-state index >= 15 is 0 Å². The van der Waals surface area contributed by atoms with Crippen molar-refractivity contribution in [2.24, 2.45) is 0 Å². The van der Waals surface area contributed by atoms with Gasteiger partial charge in [-0.2, -0.15) is 5.26 Å². The first-order valence-electron chi connectivity index (χ1n) is 9.75. The van der Waals surface area contributed by atoms with Crippen LogP contribution < -0.4 is 10.9 Å². The highest BCUT2D eigenvalue weighted by molar-refractivity contribution is 7.98. The number of carbonyl (C=O) groups is 1. The number of aromatic nitrogens is 3. The van der Waals surface area contributed by atoms with E-state index in [1.807, 2.05) is 32.0 Å². The third kappa shape index (κ3) is 4.42. The number of benzene rings is 1. The van der Waals surface area contributed by atoms with Crippen LogP contribution in [-0.4, -0.2) is 20.9 Å². The van der Waals surface area contributed by atoms with E-state index in [4.69, 9.17) is 5.26 Å². The van der Waals surface area contributed by atoms with Crippen LogP contribution in [0.25, 0.3) is 10.2 Å².